The van der Waals surface area contributed by atoms with Crippen LogP contribution in [0.1, 0.15) is 48.9 Å². The van der Waals surface area contributed by atoms with Gasteiger partial charge in [-0.3, -0.25) is 0 Å². The third kappa shape index (κ3) is 4.11. The maximum Gasteiger partial charge on any atom is 0.0388 e. The van der Waals surface area contributed by atoms with E-state index in [4.69, 9.17) is 0 Å². The van der Waals surface area contributed by atoms with Gasteiger partial charge >= 0.3 is 0 Å². The number of thiophene rings is 1. The highest BCUT2D eigenvalue weighted by atomic mass is 32.1. The van der Waals surface area contributed by atoms with Crippen molar-refractivity contribution in [3.8, 4) is 0 Å². The Morgan fingerprint density at radius 3 is 2.75 bits per heavy atom. The monoisotopic (exact) mass is 237 g/mol. The number of rotatable bonds is 7. The van der Waals surface area contributed by atoms with Crippen molar-refractivity contribution >= 4 is 11.3 Å². The Balaban J connectivity index is 2.47. The minimum atomic E-state index is 0.466. The zero-order chi connectivity index (χ0) is 12.0. The summed E-state index contributed by atoms with van der Waals surface area (Å²) in [5, 5.41) is 3.69. The molecule has 2 unspecified atom stereocenters. The second-order valence-corrected chi connectivity index (χ2v) is 5.63. The van der Waals surface area contributed by atoms with E-state index in [-0.39, 0.29) is 0 Å². The van der Waals surface area contributed by atoms with Crippen LogP contribution in [0.2, 0.25) is 0 Å². The average Bonchev–Trinajstić information content (AvgIpc) is 2.70. The highest BCUT2D eigenvalue weighted by Gasteiger charge is 2.12. The van der Waals surface area contributed by atoms with E-state index in [2.05, 4.69) is 44.8 Å². The van der Waals surface area contributed by atoms with Gasteiger partial charge in [0.05, 0.1) is 0 Å². The zero-order valence-corrected chi connectivity index (χ0v) is 11.4. The molecule has 0 saturated carbocycles. The maximum absolute atomic E-state index is 3.78. The largest absolute Gasteiger partial charge is 0.307 e. The molecule has 2 heteroatoms. The molecule has 1 aromatic heterocycles. The third-order valence-electron chi connectivity index (χ3n) is 2.89. The van der Waals surface area contributed by atoms with Gasteiger partial charge in [0, 0.05) is 21.8 Å². The van der Waals surface area contributed by atoms with E-state index in [1.54, 1.807) is 0 Å². The lowest BCUT2D eigenvalue weighted by atomic mass is 10.1. The highest BCUT2D eigenvalue weighted by Crippen LogP contribution is 2.23. The molecule has 0 aliphatic rings. The van der Waals surface area contributed by atoms with Crippen molar-refractivity contribution in [2.24, 2.45) is 0 Å². The Hall–Kier alpha value is -0.600. The molecule has 1 N–H and O–H groups in total. The molecule has 1 nitrogen and oxygen atoms in total. The van der Waals surface area contributed by atoms with Crippen LogP contribution in [0, 0.1) is 6.92 Å². The van der Waals surface area contributed by atoms with Gasteiger partial charge in [-0.1, -0.05) is 13.0 Å². The fraction of sp³-hybridized carbons (Fsp3) is 0.571. The van der Waals surface area contributed by atoms with E-state index in [1.807, 2.05) is 17.4 Å². The van der Waals surface area contributed by atoms with E-state index in [9.17, 15) is 0 Å². The molecule has 0 aliphatic heterocycles. The SMILES string of the molecule is C=CCCC(CC)NC(C)c1ccc(C)s1. The Kier molecular flexibility index (Phi) is 5.78. The first kappa shape index (κ1) is 13.5. The van der Waals surface area contributed by atoms with E-state index in [1.165, 1.54) is 22.6 Å². The number of aryl methyl sites for hydroxylation is 1. The lowest BCUT2D eigenvalue weighted by molar-refractivity contribution is 0.426. The van der Waals surface area contributed by atoms with Crippen LogP contribution in [0.15, 0.2) is 24.8 Å². The molecule has 0 fully saturated rings. The molecule has 1 heterocycles. The summed E-state index contributed by atoms with van der Waals surface area (Å²) in [6, 6.07) is 5.50. The second kappa shape index (κ2) is 6.87. The summed E-state index contributed by atoms with van der Waals surface area (Å²) in [6.45, 7) is 10.4. The number of hydrogen-bond acceptors (Lipinski definition) is 2. The zero-order valence-electron chi connectivity index (χ0n) is 10.6. The molecule has 0 saturated heterocycles. The first-order chi connectivity index (χ1) is 7.67. The van der Waals surface area contributed by atoms with E-state index in [0.29, 0.717) is 12.1 Å². The molecule has 0 aromatic carbocycles. The summed E-state index contributed by atoms with van der Waals surface area (Å²) >= 11 is 1.89. The Bertz CT molecular complexity index is 316. The van der Waals surface area contributed by atoms with Crippen LogP contribution in [-0.4, -0.2) is 6.04 Å². The van der Waals surface area contributed by atoms with Crippen LogP contribution >= 0.6 is 11.3 Å². The molecule has 2 atom stereocenters. The van der Waals surface area contributed by atoms with Crippen LogP contribution in [-0.2, 0) is 0 Å². The van der Waals surface area contributed by atoms with Gasteiger partial charge in [-0.05, 0) is 45.2 Å². The quantitative estimate of drug-likeness (QED) is 0.691. The first-order valence-electron chi connectivity index (χ1n) is 6.10. The van der Waals surface area contributed by atoms with Gasteiger partial charge in [0.2, 0.25) is 0 Å². The number of allylic oxidation sites excluding steroid dienone is 1. The third-order valence-corrected chi connectivity index (χ3v) is 4.07. The van der Waals surface area contributed by atoms with Crippen molar-refractivity contribution < 1.29 is 0 Å². The predicted molar refractivity (Wildman–Crippen MR) is 74.1 cm³/mol. The Labute approximate surface area is 104 Å². The fourth-order valence-corrected chi connectivity index (χ4v) is 2.73. The average molecular weight is 237 g/mol. The summed E-state index contributed by atoms with van der Waals surface area (Å²) in [7, 11) is 0. The lowest BCUT2D eigenvalue weighted by Gasteiger charge is -2.21. The first-order valence-corrected chi connectivity index (χ1v) is 6.92. The van der Waals surface area contributed by atoms with E-state index in [0.717, 1.165) is 6.42 Å². The molecule has 0 spiro atoms. The van der Waals surface area contributed by atoms with E-state index >= 15 is 0 Å². The minimum Gasteiger partial charge on any atom is -0.307 e. The predicted octanol–water partition coefficient (Wildman–Crippen LogP) is 4.45. The highest BCUT2D eigenvalue weighted by molar-refractivity contribution is 7.12. The van der Waals surface area contributed by atoms with Crippen molar-refractivity contribution in [3.05, 3.63) is 34.5 Å². The summed E-state index contributed by atoms with van der Waals surface area (Å²) in [5.74, 6) is 0. The molecule has 0 amide bonds. The van der Waals surface area contributed by atoms with Crippen molar-refractivity contribution in [2.75, 3.05) is 0 Å². The standard InChI is InChI=1S/C14H23NS/c1-5-7-8-13(6-2)15-12(4)14-10-9-11(3)16-14/h5,9-10,12-13,15H,1,6-8H2,2-4H3. The van der Waals surface area contributed by atoms with Crippen molar-refractivity contribution in [2.45, 2.75) is 52.1 Å². The van der Waals surface area contributed by atoms with Crippen molar-refractivity contribution in [3.63, 3.8) is 0 Å². The van der Waals surface area contributed by atoms with Crippen LogP contribution in [0.5, 0.6) is 0 Å². The number of nitrogens with one attached hydrogen (secondary N) is 1. The smallest absolute Gasteiger partial charge is 0.0388 e. The van der Waals surface area contributed by atoms with Crippen LogP contribution in [0.4, 0.5) is 0 Å². The molecule has 0 aliphatic carbocycles. The van der Waals surface area contributed by atoms with Gasteiger partial charge in [-0.25, -0.2) is 0 Å². The lowest BCUT2D eigenvalue weighted by Crippen LogP contribution is -2.30. The van der Waals surface area contributed by atoms with E-state index < -0.39 is 0 Å². The van der Waals surface area contributed by atoms with Gasteiger partial charge in [-0.15, -0.1) is 17.9 Å². The van der Waals surface area contributed by atoms with Gasteiger partial charge < -0.3 is 5.32 Å². The molecule has 0 radical (unpaired) electrons. The topological polar surface area (TPSA) is 12.0 Å². The normalized spacial score (nSPS) is 14.7. The Morgan fingerprint density at radius 2 is 2.25 bits per heavy atom. The van der Waals surface area contributed by atoms with Crippen LogP contribution in [0.25, 0.3) is 0 Å². The molecular weight excluding hydrogens is 214 g/mol. The van der Waals surface area contributed by atoms with Crippen LogP contribution < -0.4 is 5.32 Å². The van der Waals surface area contributed by atoms with Gasteiger partial charge in [-0.2, -0.15) is 0 Å². The van der Waals surface area contributed by atoms with Gasteiger partial charge in [0.25, 0.3) is 0 Å². The molecule has 16 heavy (non-hydrogen) atoms. The summed E-state index contributed by atoms with van der Waals surface area (Å²) in [4.78, 5) is 2.83. The minimum absolute atomic E-state index is 0.466. The van der Waals surface area contributed by atoms with Gasteiger partial charge in [0.15, 0.2) is 0 Å². The molecule has 0 bridgehead atoms. The summed E-state index contributed by atoms with van der Waals surface area (Å²) in [6.07, 6.45) is 5.48. The van der Waals surface area contributed by atoms with Crippen LogP contribution in [0.3, 0.4) is 0 Å². The molecule has 1 rings (SSSR count). The molecule has 90 valence electrons. The fourth-order valence-electron chi connectivity index (χ4n) is 1.85. The van der Waals surface area contributed by atoms with Crippen molar-refractivity contribution in [1.29, 1.82) is 0 Å². The number of hydrogen-bond donors (Lipinski definition) is 1. The molecule has 1 aromatic rings. The van der Waals surface area contributed by atoms with Gasteiger partial charge in [0.1, 0.15) is 0 Å². The molecular formula is C14H23NS. The second-order valence-electron chi connectivity index (χ2n) is 4.31. The summed E-state index contributed by atoms with van der Waals surface area (Å²) < 4.78 is 0. The maximum atomic E-state index is 3.78. The van der Waals surface area contributed by atoms with Crippen molar-refractivity contribution in [1.82, 2.24) is 5.32 Å². The Morgan fingerprint density at radius 1 is 1.50 bits per heavy atom. The summed E-state index contributed by atoms with van der Waals surface area (Å²) in [5.41, 5.74) is 0.